The number of nitrogen functional groups attached to an aromatic ring is 1. The number of halogens is 1. The first-order chi connectivity index (χ1) is 7.80. The molecule has 0 amide bonds. The smallest absolute Gasteiger partial charge is 0.243 e. The monoisotopic (exact) mass is 274 g/mol. The lowest BCUT2D eigenvalue weighted by Gasteiger charge is -2.17. The van der Waals surface area contributed by atoms with Crippen molar-refractivity contribution in [2.45, 2.75) is 11.8 Å². The van der Waals surface area contributed by atoms with E-state index in [2.05, 4.69) is 6.58 Å². The van der Waals surface area contributed by atoms with E-state index in [1.54, 1.807) is 6.92 Å². The summed E-state index contributed by atoms with van der Waals surface area (Å²) in [4.78, 5) is 0.131. The fraction of sp³-hybridized carbons (Fsp3) is 0.273. The zero-order chi connectivity index (χ0) is 13.2. The van der Waals surface area contributed by atoms with E-state index in [4.69, 9.17) is 17.3 Å². The standard InChI is InChI=1S/C11H15ClN2O2S/c1-4-5-14(3)17(15,16)11-7-9(12)6-10(13)8(11)2/h4,6-7H,1,5,13H2,2-3H3. The molecule has 17 heavy (non-hydrogen) atoms. The number of nitrogens with two attached hydrogens (primary N) is 1. The van der Waals surface area contributed by atoms with Crippen molar-refractivity contribution in [2.24, 2.45) is 0 Å². The lowest BCUT2D eigenvalue weighted by molar-refractivity contribution is 0.499. The van der Waals surface area contributed by atoms with Crippen LogP contribution < -0.4 is 5.73 Å². The molecule has 0 saturated heterocycles. The summed E-state index contributed by atoms with van der Waals surface area (Å²) in [5, 5.41) is 0.304. The number of benzene rings is 1. The Morgan fingerprint density at radius 1 is 1.53 bits per heavy atom. The Kier molecular flexibility index (Phi) is 4.19. The number of hydrogen-bond donors (Lipinski definition) is 1. The summed E-state index contributed by atoms with van der Waals surface area (Å²) >= 11 is 5.83. The lowest BCUT2D eigenvalue weighted by Crippen LogP contribution is -2.27. The molecule has 0 fully saturated rings. The van der Waals surface area contributed by atoms with Gasteiger partial charge in [-0.05, 0) is 24.6 Å². The quantitative estimate of drug-likeness (QED) is 0.675. The van der Waals surface area contributed by atoms with E-state index in [-0.39, 0.29) is 11.4 Å². The van der Waals surface area contributed by atoms with Crippen LogP contribution in [0.4, 0.5) is 5.69 Å². The Morgan fingerprint density at radius 2 is 2.12 bits per heavy atom. The first-order valence-corrected chi connectivity index (χ1v) is 6.75. The van der Waals surface area contributed by atoms with Gasteiger partial charge in [0.05, 0.1) is 4.90 Å². The largest absolute Gasteiger partial charge is 0.398 e. The van der Waals surface area contributed by atoms with E-state index in [9.17, 15) is 8.42 Å². The molecule has 2 N–H and O–H groups in total. The van der Waals surface area contributed by atoms with Gasteiger partial charge in [-0.3, -0.25) is 0 Å². The van der Waals surface area contributed by atoms with Gasteiger partial charge >= 0.3 is 0 Å². The van der Waals surface area contributed by atoms with Gasteiger partial charge in [0.1, 0.15) is 0 Å². The second-order valence-corrected chi connectivity index (χ2v) is 6.14. The topological polar surface area (TPSA) is 63.4 Å². The Bertz CT molecular complexity index is 541. The predicted molar refractivity (Wildman–Crippen MR) is 70.6 cm³/mol. The van der Waals surface area contributed by atoms with Crippen molar-refractivity contribution in [1.82, 2.24) is 4.31 Å². The summed E-state index contributed by atoms with van der Waals surface area (Å²) in [6.07, 6.45) is 1.51. The minimum absolute atomic E-state index is 0.131. The number of likely N-dealkylation sites (N-methyl/N-ethyl adjacent to an activating group) is 1. The van der Waals surface area contributed by atoms with Gasteiger partial charge in [0.25, 0.3) is 0 Å². The molecule has 0 unspecified atom stereocenters. The van der Waals surface area contributed by atoms with Crippen LogP contribution in [-0.4, -0.2) is 26.3 Å². The molecule has 0 radical (unpaired) electrons. The molecule has 1 aromatic rings. The molecular formula is C11H15ClN2O2S. The second kappa shape index (κ2) is 5.08. The normalized spacial score (nSPS) is 11.8. The van der Waals surface area contributed by atoms with E-state index in [1.807, 2.05) is 0 Å². The maximum Gasteiger partial charge on any atom is 0.243 e. The lowest BCUT2D eigenvalue weighted by atomic mass is 10.2. The third kappa shape index (κ3) is 2.80. The fourth-order valence-corrected chi connectivity index (χ4v) is 3.10. The molecule has 1 aromatic carbocycles. The van der Waals surface area contributed by atoms with Crippen molar-refractivity contribution >= 4 is 27.3 Å². The van der Waals surface area contributed by atoms with Crippen LogP contribution in [0.3, 0.4) is 0 Å². The Morgan fingerprint density at radius 3 is 2.65 bits per heavy atom. The van der Waals surface area contributed by atoms with Crippen LogP contribution >= 0.6 is 11.6 Å². The molecule has 94 valence electrons. The third-order valence-corrected chi connectivity index (χ3v) is 4.61. The van der Waals surface area contributed by atoms with Gasteiger partial charge in [-0.1, -0.05) is 17.7 Å². The zero-order valence-corrected chi connectivity index (χ0v) is 11.3. The van der Waals surface area contributed by atoms with Crippen LogP contribution in [0.25, 0.3) is 0 Å². The Hall–Kier alpha value is -1.04. The minimum Gasteiger partial charge on any atom is -0.398 e. The first-order valence-electron chi connectivity index (χ1n) is 4.93. The average Bonchev–Trinajstić information content (AvgIpc) is 2.23. The van der Waals surface area contributed by atoms with E-state index >= 15 is 0 Å². The number of hydrogen-bond acceptors (Lipinski definition) is 3. The predicted octanol–water partition coefficient (Wildman–Crippen LogP) is 2.04. The fourth-order valence-electron chi connectivity index (χ4n) is 1.39. The van der Waals surface area contributed by atoms with Gasteiger partial charge in [-0.15, -0.1) is 6.58 Å². The first kappa shape index (κ1) is 14.0. The molecule has 6 heteroatoms. The van der Waals surface area contributed by atoms with Crippen LogP contribution in [0.15, 0.2) is 29.7 Å². The SMILES string of the molecule is C=CCN(C)S(=O)(=O)c1cc(Cl)cc(N)c1C. The summed E-state index contributed by atoms with van der Waals surface area (Å²) in [6, 6.07) is 2.94. The van der Waals surface area contributed by atoms with Gasteiger partial charge in [-0.2, -0.15) is 4.31 Å². The van der Waals surface area contributed by atoms with Crippen molar-refractivity contribution in [1.29, 1.82) is 0 Å². The minimum atomic E-state index is -3.58. The van der Waals surface area contributed by atoms with Gasteiger partial charge in [0.2, 0.25) is 10.0 Å². The average molecular weight is 275 g/mol. The molecule has 0 atom stereocenters. The molecular weight excluding hydrogens is 260 g/mol. The maximum atomic E-state index is 12.2. The number of nitrogens with zero attached hydrogens (tertiary/aromatic N) is 1. The summed E-state index contributed by atoms with van der Waals surface area (Å²) in [5.74, 6) is 0. The summed E-state index contributed by atoms with van der Waals surface area (Å²) in [7, 11) is -2.10. The van der Waals surface area contributed by atoms with Gasteiger partial charge in [-0.25, -0.2) is 8.42 Å². The zero-order valence-electron chi connectivity index (χ0n) is 9.77. The molecule has 0 spiro atoms. The molecule has 0 saturated carbocycles. The van der Waals surface area contributed by atoms with E-state index in [1.165, 1.54) is 29.6 Å². The van der Waals surface area contributed by atoms with Crippen LogP contribution in [0.5, 0.6) is 0 Å². The van der Waals surface area contributed by atoms with Crippen molar-refractivity contribution in [3.63, 3.8) is 0 Å². The summed E-state index contributed by atoms with van der Waals surface area (Å²) in [5.41, 5.74) is 6.57. The highest BCUT2D eigenvalue weighted by molar-refractivity contribution is 7.89. The molecule has 0 aliphatic rings. The van der Waals surface area contributed by atoms with Gasteiger partial charge in [0, 0.05) is 24.3 Å². The summed E-state index contributed by atoms with van der Waals surface area (Å²) in [6.45, 7) is 5.39. The highest BCUT2D eigenvalue weighted by Crippen LogP contribution is 2.27. The van der Waals surface area contributed by atoms with E-state index in [0.717, 1.165) is 0 Å². The highest BCUT2D eigenvalue weighted by Gasteiger charge is 2.23. The Labute approximate surface area is 107 Å². The van der Waals surface area contributed by atoms with Crippen LogP contribution in [0.2, 0.25) is 5.02 Å². The van der Waals surface area contributed by atoms with Crippen molar-refractivity contribution in [3.05, 3.63) is 35.4 Å². The molecule has 1 rings (SSSR count). The molecule has 4 nitrogen and oxygen atoms in total. The highest BCUT2D eigenvalue weighted by atomic mass is 35.5. The van der Waals surface area contributed by atoms with E-state index < -0.39 is 10.0 Å². The van der Waals surface area contributed by atoms with E-state index in [0.29, 0.717) is 16.3 Å². The van der Waals surface area contributed by atoms with Crippen molar-refractivity contribution in [3.8, 4) is 0 Å². The second-order valence-electron chi connectivity index (χ2n) is 3.69. The third-order valence-electron chi connectivity index (χ3n) is 2.44. The number of anilines is 1. The maximum absolute atomic E-state index is 12.2. The van der Waals surface area contributed by atoms with Gasteiger partial charge < -0.3 is 5.73 Å². The Balaban J connectivity index is 3.38. The number of rotatable bonds is 4. The van der Waals surface area contributed by atoms with Crippen LogP contribution in [-0.2, 0) is 10.0 Å². The van der Waals surface area contributed by atoms with Crippen molar-refractivity contribution < 1.29 is 8.42 Å². The molecule has 0 aliphatic carbocycles. The molecule has 0 bridgehead atoms. The summed E-state index contributed by atoms with van der Waals surface area (Å²) < 4.78 is 25.6. The number of sulfonamides is 1. The van der Waals surface area contributed by atoms with Crippen LogP contribution in [0.1, 0.15) is 5.56 Å². The van der Waals surface area contributed by atoms with Gasteiger partial charge in [0.15, 0.2) is 0 Å². The van der Waals surface area contributed by atoms with Crippen LogP contribution in [0, 0.1) is 6.92 Å². The molecule has 0 aromatic heterocycles. The van der Waals surface area contributed by atoms with Crippen molar-refractivity contribution in [2.75, 3.05) is 19.3 Å². The molecule has 0 heterocycles. The molecule has 0 aliphatic heterocycles.